The molecule has 0 spiro atoms. The number of rotatable bonds is 43. The highest BCUT2D eigenvalue weighted by atomic mass is 16.5. The second-order valence-corrected chi connectivity index (χ2v) is 22.8. The van der Waals surface area contributed by atoms with Crippen molar-refractivity contribution in [3.8, 4) is 23.0 Å². The van der Waals surface area contributed by atoms with Gasteiger partial charge in [-0.3, -0.25) is 24.0 Å². The van der Waals surface area contributed by atoms with Crippen molar-refractivity contribution in [3.05, 3.63) is 153 Å². The minimum Gasteiger partial charge on any atom is -0.493 e. The van der Waals surface area contributed by atoms with E-state index in [1.54, 1.807) is 0 Å². The summed E-state index contributed by atoms with van der Waals surface area (Å²) in [5, 5.41) is 10.2. The molecule has 0 fully saturated rings. The van der Waals surface area contributed by atoms with Crippen molar-refractivity contribution in [1.82, 2.24) is 0 Å². The Bertz CT molecular complexity index is 2860. The van der Waals surface area contributed by atoms with E-state index in [0.717, 1.165) is 63.5 Å². The molecule has 0 saturated carbocycles. The lowest BCUT2D eigenvalue weighted by Crippen LogP contribution is -2.15. The minimum absolute atomic E-state index is 0.0422. The maximum absolute atomic E-state index is 14.7. The molecule has 0 aliphatic heterocycles. The fraction of sp³-hybridized carbons (Fsp3) is 0.500. The van der Waals surface area contributed by atoms with Gasteiger partial charge >= 0.3 is 11.9 Å². The number of benzene rings is 4. The molecule has 5 rings (SSSR count). The predicted molar refractivity (Wildman–Crippen MR) is 345 cm³/mol. The third kappa shape index (κ3) is 22.9. The fourth-order valence-electron chi connectivity index (χ4n) is 10.8. The Balaban J connectivity index is 1.99. The normalized spacial score (nSPS) is 11.7. The number of ketones is 5. The van der Waals surface area contributed by atoms with Gasteiger partial charge in [-0.15, -0.1) is 0 Å². The number of carbonyl (C=O) groups is 7. The average molecular weight is 1210 g/mol. The first kappa shape index (κ1) is 71.3. The molecule has 0 aromatic heterocycles. The summed E-state index contributed by atoms with van der Waals surface area (Å²) in [5.74, 6) is 0.366. The highest BCUT2D eigenvalue weighted by Crippen LogP contribution is 2.42. The molecule has 14 nitrogen and oxygen atoms in total. The standard InChI is InChI=1S/C74H96O14/c1-8-15-19-29-65(77)52-40-56-48-60-44-54(67(79)31-21-17-10-3)46-62(73(60)87-38-26-36-83-69(81)13-6)50-58-42-53(66(78)30-20-16-9-2)43-59(72(58)86-35-25-33-75)51-63-47-55(68(80)32-22-18-11-4)45-61(74(63)88-39-27-37-84-70(82)14-7)49-57(41-52)71(56)85-34-24-23-28-64(76)12-5/h12-14,40-47,75H,5-11,15-39,48-51H2,1-4H3. The van der Waals surface area contributed by atoms with Crippen LogP contribution in [0.3, 0.4) is 0 Å². The van der Waals surface area contributed by atoms with Crippen LogP contribution in [0, 0.1) is 0 Å². The van der Waals surface area contributed by atoms with Crippen LogP contribution in [-0.4, -0.2) is 92.2 Å². The fourth-order valence-corrected chi connectivity index (χ4v) is 10.8. The number of fused-ring (bicyclic) bond motifs is 8. The van der Waals surface area contributed by atoms with Crippen LogP contribution in [0.15, 0.2) is 86.5 Å². The lowest BCUT2D eigenvalue weighted by Gasteiger charge is -2.25. The van der Waals surface area contributed by atoms with Gasteiger partial charge in [-0.1, -0.05) is 98.8 Å². The van der Waals surface area contributed by atoms with Gasteiger partial charge in [0.1, 0.15) is 23.0 Å². The largest absolute Gasteiger partial charge is 0.493 e. The van der Waals surface area contributed by atoms with Crippen molar-refractivity contribution in [3.63, 3.8) is 0 Å². The van der Waals surface area contributed by atoms with Crippen LogP contribution in [-0.2, 0) is 49.5 Å². The van der Waals surface area contributed by atoms with Gasteiger partial charge in [0, 0.05) is 118 Å². The number of carbonyl (C=O) groups excluding carboxylic acids is 7. The van der Waals surface area contributed by atoms with Crippen molar-refractivity contribution in [2.75, 3.05) is 46.2 Å². The number of ether oxygens (including phenoxy) is 6. The van der Waals surface area contributed by atoms with E-state index in [9.17, 15) is 38.7 Å². The van der Waals surface area contributed by atoms with Crippen LogP contribution in [0.4, 0.5) is 0 Å². The van der Waals surface area contributed by atoms with Crippen molar-refractivity contribution in [2.24, 2.45) is 0 Å². The molecule has 14 heteroatoms. The molecule has 1 aliphatic carbocycles. The highest BCUT2D eigenvalue weighted by molar-refractivity contribution is 5.99. The summed E-state index contributed by atoms with van der Waals surface area (Å²) in [6.07, 6.45) is 17.1. The number of aliphatic hydroxyl groups excluding tert-OH is 1. The smallest absolute Gasteiger partial charge is 0.330 e. The highest BCUT2D eigenvalue weighted by Gasteiger charge is 2.28. The molecule has 476 valence electrons. The number of hydrogen-bond acceptors (Lipinski definition) is 14. The zero-order chi connectivity index (χ0) is 63.6. The third-order valence-electron chi connectivity index (χ3n) is 15.5. The Hall–Kier alpha value is -7.45. The lowest BCUT2D eigenvalue weighted by atomic mass is 9.86. The van der Waals surface area contributed by atoms with Gasteiger partial charge < -0.3 is 33.5 Å². The summed E-state index contributed by atoms with van der Waals surface area (Å²) < 4.78 is 38.4. The van der Waals surface area contributed by atoms with Crippen molar-refractivity contribution in [1.29, 1.82) is 0 Å². The van der Waals surface area contributed by atoms with E-state index in [-0.39, 0.29) is 107 Å². The van der Waals surface area contributed by atoms with E-state index in [2.05, 4.69) is 47.4 Å². The first-order chi connectivity index (χ1) is 42.7. The van der Waals surface area contributed by atoms with Crippen molar-refractivity contribution < 1.29 is 67.1 Å². The molecule has 1 aliphatic rings. The average Bonchev–Trinajstić information content (AvgIpc) is 1.32. The second-order valence-electron chi connectivity index (χ2n) is 22.8. The zero-order valence-electron chi connectivity index (χ0n) is 53.1. The van der Waals surface area contributed by atoms with E-state index >= 15 is 0 Å². The Labute approximate surface area is 522 Å². The van der Waals surface area contributed by atoms with Crippen LogP contribution in [0.1, 0.15) is 255 Å². The lowest BCUT2D eigenvalue weighted by molar-refractivity contribution is -0.138. The molecule has 0 saturated heterocycles. The van der Waals surface area contributed by atoms with Gasteiger partial charge in [0.15, 0.2) is 28.9 Å². The molecule has 4 aromatic carbocycles. The van der Waals surface area contributed by atoms with Crippen LogP contribution in [0.5, 0.6) is 23.0 Å². The predicted octanol–water partition coefficient (Wildman–Crippen LogP) is 15.5. The van der Waals surface area contributed by atoms with E-state index in [0.29, 0.717) is 173 Å². The summed E-state index contributed by atoms with van der Waals surface area (Å²) in [6, 6.07) is 14.9. The molecule has 1 N–H and O–H groups in total. The summed E-state index contributed by atoms with van der Waals surface area (Å²) in [7, 11) is 0. The van der Waals surface area contributed by atoms with Gasteiger partial charge in [0.05, 0.1) is 39.6 Å². The summed E-state index contributed by atoms with van der Waals surface area (Å²) in [4.78, 5) is 95.6. The Kier molecular flexibility index (Phi) is 32.0. The van der Waals surface area contributed by atoms with Gasteiger partial charge in [-0.05, 0) is 138 Å². The van der Waals surface area contributed by atoms with Gasteiger partial charge in [-0.25, -0.2) is 9.59 Å². The summed E-state index contributed by atoms with van der Waals surface area (Å²) in [5.41, 5.74) is 6.79. The molecule has 8 bridgehead atoms. The Morgan fingerprint density at radius 2 is 0.614 bits per heavy atom. The van der Waals surface area contributed by atoms with Crippen molar-refractivity contribution >= 4 is 40.9 Å². The second kappa shape index (κ2) is 39.4. The molecule has 0 unspecified atom stereocenters. The van der Waals surface area contributed by atoms with E-state index in [1.165, 1.54) is 6.08 Å². The quantitative estimate of drug-likeness (QED) is 0.0167. The maximum Gasteiger partial charge on any atom is 0.330 e. The molecule has 0 radical (unpaired) electrons. The van der Waals surface area contributed by atoms with Crippen LogP contribution < -0.4 is 18.9 Å². The van der Waals surface area contributed by atoms with Crippen LogP contribution in [0.2, 0.25) is 0 Å². The molecule has 0 heterocycles. The molecule has 4 aromatic rings. The third-order valence-corrected chi connectivity index (χ3v) is 15.5. The topological polar surface area (TPSA) is 195 Å². The molecule has 0 atom stereocenters. The number of allylic oxidation sites excluding steroid dienone is 1. The SMILES string of the molecule is C=CC(=O)CCCCOc1c2cc(C(=O)CCCCC)cc1Cc1cc(C(=O)CCCCC)cc(c1OCCCOC(=O)C=C)Cc1cc(C(=O)CCCCC)cc(c1OCCCO)Cc1cc(C(=O)CCCCC)cc(c1OCCCOC(=O)C=C)C2. The van der Waals surface area contributed by atoms with Crippen molar-refractivity contribution in [2.45, 2.75) is 195 Å². The Morgan fingerprint density at radius 3 is 0.864 bits per heavy atom. The maximum atomic E-state index is 14.7. The van der Waals surface area contributed by atoms with E-state index < -0.39 is 11.9 Å². The zero-order valence-corrected chi connectivity index (χ0v) is 53.1. The van der Waals surface area contributed by atoms with Gasteiger partial charge in [0.25, 0.3) is 0 Å². The number of hydrogen-bond donors (Lipinski definition) is 1. The first-order valence-electron chi connectivity index (χ1n) is 32.3. The monoisotopic (exact) mass is 1210 g/mol. The van der Waals surface area contributed by atoms with Crippen LogP contribution in [0.25, 0.3) is 0 Å². The molecule has 88 heavy (non-hydrogen) atoms. The molecule has 0 amide bonds. The van der Waals surface area contributed by atoms with E-state index in [4.69, 9.17) is 28.4 Å². The molecular weight excluding hydrogens is 1110 g/mol. The number of aliphatic hydroxyl groups is 1. The van der Waals surface area contributed by atoms with E-state index in [1.807, 2.05) is 48.5 Å². The molecular formula is C74H96O14. The van der Waals surface area contributed by atoms with Gasteiger partial charge in [-0.2, -0.15) is 0 Å². The van der Waals surface area contributed by atoms with Crippen LogP contribution >= 0.6 is 0 Å². The number of Topliss-reactive ketones (excluding diaryl/α,β-unsaturated/α-hetero) is 4. The first-order valence-corrected chi connectivity index (χ1v) is 32.3. The number of unbranched alkanes of at least 4 members (excludes halogenated alkanes) is 9. The minimum atomic E-state index is -0.569. The van der Waals surface area contributed by atoms with Gasteiger partial charge in [0.2, 0.25) is 0 Å². The number of esters is 2. The summed E-state index contributed by atoms with van der Waals surface area (Å²) >= 11 is 0. The summed E-state index contributed by atoms with van der Waals surface area (Å²) in [6.45, 7) is 19.5. The Morgan fingerprint density at radius 1 is 0.352 bits per heavy atom.